The fourth-order valence-corrected chi connectivity index (χ4v) is 3.91. The number of anilines is 2. The van der Waals surface area contributed by atoms with Gasteiger partial charge in [-0.1, -0.05) is 35.9 Å². The van der Waals surface area contributed by atoms with Crippen molar-refractivity contribution in [3.05, 3.63) is 82.9 Å². The minimum absolute atomic E-state index is 0.0435. The Hall–Kier alpha value is -3.03. The minimum atomic E-state index is -3.92. The lowest BCUT2D eigenvalue weighted by Crippen LogP contribution is -2.16. The van der Waals surface area contributed by atoms with Crippen LogP contribution in [0.25, 0.3) is 0 Å². The molecule has 6 nitrogen and oxygen atoms in total. The molecule has 0 unspecified atom stereocenters. The second-order valence-electron chi connectivity index (χ2n) is 6.25. The summed E-state index contributed by atoms with van der Waals surface area (Å²) in [6.45, 7) is 1.86. The lowest BCUT2D eigenvalue weighted by Gasteiger charge is -2.12. The largest absolute Gasteiger partial charge is 0.495 e. The molecular formula is C21H19ClN2O4S. The van der Waals surface area contributed by atoms with E-state index in [1.54, 1.807) is 42.5 Å². The highest BCUT2D eigenvalue weighted by Crippen LogP contribution is 2.26. The Kier molecular flexibility index (Phi) is 6.10. The standard InChI is InChI=1S/C21H19ClN2O4S/c1-14-10-11-16(13-18(14)22)23-21(25)15-6-5-7-17(12-15)29(26,27)24-19-8-3-4-9-20(19)28-2/h3-13,24H,1-2H3,(H,23,25). The number of amides is 1. The zero-order valence-electron chi connectivity index (χ0n) is 15.8. The van der Waals surface area contributed by atoms with Gasteiger partial charge in [0, 0.05) is 16.3 Å². The highest BCUT2D eigenvalue weighted by atomic mass is 35.5. The van der Waals surface area contributed by atoms with Gasteiger partial charge < -0.3 is 10.1 Å². The van der Waals surface area contributed by atoms with Crippen LogP contribution < -0.4 is 14.8 Å². The fraction of sp³-hybridized carbons (Fsp3) is 0.0952. The van der Waals surface area contributed by atoms with Crippen LogP contribution in [0.2, 0.25) is 5.02 Å². The Morgan fingerprint density at radius 2 is 1.76 bits per heavy atom. The Balaban J connectivity index is 1.84. The van der Waals surface area contributed by atoms with E-state index in [1.165, 1.54) is 31.4 Å². The Labute approximate surface area is 174 Å². The van der Waals surface area contributed by atoms with Crippen molar-refractivity contribution in [1.82, 2.24) is 0 Å². The van der Waals surface area contributed by atoms with Crippen molar-refractivity contribution in [2.75, 3.05) is 17.1 Å². The van der Waals surface area contributed by atoms with E-state index in [4.69, 9.17) is 16.3 Å². The molecule has 3 rings (SSSR count). The first-order chi connectivity index (χ1) is 13.8. The minimum Gasteiger partial charge on any atom is -0.495 e. The molecule has 0 saturated heterocycles. The van der Waals surface area contributed by atoms with E-state index < -0.39 is 15.9 Å². The van der Waals surface area contributed by atoms with Gasteiger partial charge in [-0.05, 0) is 55.0 Å². The van der Waals surface area contributed by atoms with Crippen molar-refractivity contribution in [1.29, 1.82) is 0 Å². The molecule has 8 heteroatoms. The van der Waals surface area contributed by atoms with E-state index in [0.29, 0.717) is 22.1 Å². The Morgan fingerprint density at radius 1 is 1.00 bits per heavy atom. The summed E-state index contributed by atoms with van der Waals surface area (Å²) in [5, 5.41) is 3.24. The van der Waals surface area contributed by atoms with Gasteiger partial charge in [0.05, 0.1) is 17.7 Å². The molecule has 3 aromatic carbocycles. The first-order valence-corrected chi connectivity index (χ1v) is 10.5. The van der Waals surface area contributed by atoms with E-state index in [2.05, 4.69) is 10.0 Å². The number of halogens is 1. The highest BCUT2D eigenvalue weighted by Gasteiger charge is 2.18. The molecule has 0 saturated carbocycles. The maximum atomic E-state index is 12.8. The SMILES string of the molecule is COc1ccccc1NS(=O)(=O)c1cccc(C(=O)Nc2ccc(C)c(Cl)c2)c1. The van der Waals surface area contributed by atoms with Gasteiger partial charge in [0.25, 0.3) is 15.9 Å². The number of hydrogen-bond donors (Lipinski definition) is 2. The zero-order valence-corrected chi connectivity index (χ0v) is 17.3. The van der Waals surface area contributed by atoms with Crippen LogP contribution in [0.5, 0.6) is 5.75 Å². The number of sulfonamides is 1. The first-order valence-electron chi connectivity index (χ1n) is 8.63. The number of carbonyl (C=O) groups is 1. The third-order valence-corrected chi connectivity index (χ3v) is 5.96. The summed E-state index contributed by atoms with van der Waals surface area (Å²) < 4.78 is 33.2. The molecule has 150 valence electrons. The molecule has 3 aromatic rings. The molecule has 0 aliphatic carbocycles. The second-order valence-corrected chi connectivity index (χ2v) is 8.34. The van der Waals surface area contributed by atoms with Crippen LogP contribution in [0.3, 0.4) is 0 Å². The Bertz CT molecular complexity index is 1160. The van der Waals surface area contributed by atoms with E-state index >= 15 is 0 Å². The number of rotatable bonds is 6. The van der Waals surface area contributed by atoms with Crippen molar-refractivity contribution in [2.24, 2.45) is 0 Å². The van der Waals surface area contributed by atoms with Gasteiger partial charge in [0.1, 0.15) is 5.75 Å². The number of aryl methyl sites for hydroxylation is 1. The van der Waals surface area contributed by atoms with Crippen LogP contribution in [0.1, 0.15) is 15.9 Å². The topological polar surface area (TPSA) is 84.5 Å². The van der Waals surface area contributed by atoms with Gasteiger partial charge in [-0.15, -0.1) is 0 Å². The number of para-hydroxylation sites is 2. The predicted octanol–water partition coefficient (Wildman–Crippen LogP) is 4.71. The van der Waals surface area contributed by atoms with Crippen molar-refractivity contribution < 1.29 is 17.9 Å². The molecule has 0 fully saturated rings. The van der Waals surface area contributed by atoms with Crippen molar-refractivity contribution in [3.8, 4) is 5.75 Å². The molecule has 0 radical (unpaired) electrons. The van der Waals surface area contributed by atoms with Gasteiger partial charge in [-0.25, -0.2) is 8.42 Å². The highest BCUT2D eigenvalue weighted by molar-refractivity contribution is 7.92. The molecule has 0 bridgehead atoms. The van der Waals surface area contributed by atoms with Gasteiger partial charge in [0.2, 0.25) is 0 Å². The van der Waals surface area contributed by atoms with E-state index in [1.807, 2.05) is 6.92 Å². The molecule has 29 heavy (non-hydrogen) atoms. The Morgan fingerprint density at radius 3 is 2.48 bits per heavy atom. The molecule has 0 spiro atoms. The van der Waals surface area contributed by atoms with Crippen LogP contribution in [-0.4, -0.2) is 21.4 Å². The van der Waals surface area contributed by atoms with Gasteiger partial charge in [0.15, 0.2) is 0 Å². The van der Waals surface area contributed by atoms with Gasteiger partial charge >= 0.3 is 0 Å². The zero-order chi connectivity index (χ0) is 21.0. The predicted molar refractivity (Wildman–Crippen MR) is 114 cm³/mol. The van der Waals surface area contributed by atoms with E-state index in [-0.39, 0.29) is 10.5 Å². The van der Waals surface area contributed by atoms with Crippen LogP contribution in [0.4, 0.5) is 11.4 Å². The molecule has 0 aliphatic heterocycles. The van der Waals surface area contributed by atoms with Crippen LogP contribution in [0, 0.1) is 6.92 Å². The number of hydrogen-bond acceptors (Lipinski definition) is 4. The van der Waals surface area contributed by atoms with E-state index in [0.717, 1.165) is 5.56 Å². The number of nitrogens with one attached hydrogen (secondary N) is 2. The van der Waals surface area contributed by atoms with Crippen LogP contribution in [-0.2, 0) is 10.0 Å². The fourth-order valence-electron chi connectivity index (χ4n) is 2.61. The maximum Gasteiger partial charge on any atom is 0.262 e. The van der Waals surface area contributed by atoms with Crippen LogP contribution in [0.15, 0.2) is 71.6 Å². The molecule has 0 atom stereocenters. The molecule has 1 amide bonds. The van der Waals surface area contributed by atoms with Crippen molar-refractivity contribution in [2.45, 2.75) is 11.8 Å². The quantitative estimate of drug-likeness (QED) is 0.593. The van der Waals surface area contributed by atoms with Crippen molar-refractivity contribution >= 4 is 38.9 Å². The molecule has 2 N–H and O–H groups in total. The monoisotopic (exact) mass is 430 g/mol. The molecular weight excluding hydrogens is 412 g/mol. The number of benzene rings is 3. The lowest BCUT2D eigenvalue weighted by atomic mass is 10.2. The summed E-state index contributed by atoms with van der Waals surface area (Å²) in [5.74, 6) is -0.0551. The van der Waals surface area contributed by atoms with E-state index in [9.17, 15) is 13.2 Å². The van der Waals surface area contributed by atoms with Gasteiger partial charge in [-0.3, -0.25) is 9.52 Å². The number of methoxy groups -OCH3 is 1. The smallest absolute Gasteiger partial charge is 0.262 e. The average Bonchev–Trinajstić information content (AvgIpc) is 2.71. The third-order valence-electron chi connectivity index (χ3n) is 4.19. The molecule has 0 heterocycles. The summed E-state index contributed by atoms with van der Waals surface area (Å²) in [7, 11) is -2.46. The maximum absolute atomic E-state index is 12.8. The summed E-state index contributed by atoms with van der Waals surface area (Å²) in [5.41, 5.74) is 1.91. The van der Waals surface area contributed by atoms with Crippen LogP contribution >= 0.6 is 11.6 Å². The average molecular weight is 431 g/mol. The number of ether oxygens (including phenoxy) is 1. The summed E-state index contributed by atoms with van der Waals surface area (Å²) in [4.78, 5) is 12.5. The lowest BCUT2D eigenvalue weighted by molar-refractivity contribution is 0.102. The number of carbonyl (C=O) groups excluding carboxylic acids is 1. The normalized spacial score (nSPS) is 11.0. The molecule has 0 aliphatic rings. The summed E-state index contributed by atoms with van der Waals surface area (Å²) in [6, 6.07) is 17.6. The molecule has 0 aromatic heterocycles. The first kappa shape index (κ1) is 20.7. The summed E-state index contributed by atoms with van der Waals surface area (Å²) >= 11 is 6.08. The second kappa shape index (κ2) is 8.55. The van der Waals surface area contributed by atoms with Gasteiger partial charge in [-0.2, -0.15) is 0 Å². The van der Waals surface area contributed by atoms with Crippen molar-refractivity contribution in [3.63, 3.8) is 0 Å². The third kappa shape index (κ3) is 4.88. The summed E-state index contributed by atoms with van der Waals surface area (Å²) in [6.07, 6.45) is 0.